The van der Waals surface area contributed by atoms with Crippen molar-refractivity contribution < 1.29 is 14.3 Å². The Kier molecular flexibility index (Phi) is 4.21. The van der Waals surface area contributed by atoms with Crippen molar-refractivity contribution in [2.24, 2.45) is 0 Å². The minimum Gasteiger partial charge on any atom is -0.454 e. The lowest BCUT2D eigenvalue weighted by molar-refractivity contribution is -0.113. The molecular weight excluding hydrogens is 342 g/mol. The summed E-state index contributed by atoms with van der Waals surface area (Å²) < 4.78 is 10.5. The van der Waals surface area contributed by atoms with Gasteiger partial charge in [-0.3, -0.25) is 14.9 Å². The number of amides is 1. The van der Waals surface area contributed by atoms with E-state index < -0.39 is 0 Å². The number of carbonyl (C=O) groups is 1. The lowest BCUT2D eigenvalue weighted by atomic mass is 10.3. The molecule has 0 fully saturated rings. The number of aromatic amines is 1. The highest BCUT2D eigenvalue weighted by atomic mass is 32.2. The maximum absolute atomic E-state index is 12.1. The second-order valence-corrected chi connectivity index (χ2v) is 6.06. The van der Waals surface area contributed by atoms with Crippen LogP contribution in [0.2, 0.25) is 0 Å². The van der Waals surface area contributed by atoms with Crippen LogP contribution in [0.15, 0.2) is 47.9 Å². The SMILES string of the molecule is O=C(CSc1n[nH]c(-c2cccnc2)n1)Nc1ccc2c(c1)OCO2. The lowest BCUT2D eigenvalue weighted by Crippen LogP contribution is -2.14. The van der Waals surface area contributed by atoms with Crippen molar-refractivity contribution in [1.29, 1.82) is 0 Å². The summed E-state index contributed by atoms with van der Waals surface area (Å²) in [5.41, 5.74) is 1.49. The average Bonchev–Trinajstić information content (AvgIpc) is 3.30. The molecule has 1 aliphatic rings. The van der Waals surface area contributed by atoms with Gasteiger partial charge < -0.3 is 14.8 Å². The summed E-state index contributed by atoms with van der Waals surface area (Å²) in [6, 6.07) is 8.97. The fraction of sp³-hybridized carbons (Fsp3) is 0.125. The molecule has 9 heteroatoms. The monoisotopic (exact) mass is 355 g/mol. The molecule has 3 heterocycles. The zero-order valence-electron chi connectivity index (χ0n) is 12.9. The summed E-state index contributed by atoms with van der Waals surface area (Å²) in [5, 5.41) is 10.3. The van der Waals surface area contributed by atoms with Crippen LogP contribution in [0, 0.1) is 0 Å². The van der Waals surface area contributed by atoms with Crippen LogP contribution in [0.5, 0.6) is 11.5 Å². The van der Waals surface area contributed by atoms with E-state index in [0.717, 1.165) is 5.56 Å². The number of rotatable bonds is 5. The van der Waals surface area contributed by atoms with Gasteiger partial charge in [-0.2, -0.15) is 0 Å². The van der Waals surface area contributed by atoms with E-state index in [2.05, 4.69) is 25.5 Å². The van der Waals surface area contributed by atoms with Crippen LogP contribution in [0.3, 0.4) is 0 Å². The van der Waals surface area contributed by atoms with Crippen molar-refractivity contribution in [2.45, 2.75) is 5.16 Å². The molecule has 4 rings (SSSR count). The molecule has 0 aliphatic carbocycles. The number of pyridine rings is 1. The summed E-state index contributed by atoms with van der Waals surface area (Å²) in [6.07, 6.45) is 3.39. The normalized spacial score (nSPS) is 12.2. The van der Waals surface area contributed by atoms with Gasteiger partial charge in [-0.15, -0.1) is 5.10 Å². The highest BCUT2D eigenvalue weighted by molar-refractivity contribution is 7.99. The van der Waals surface area contributed by atoms with E-state index in [1.807, 2.05) is 12.1 Å². The van der Waals surface area contributed by atoms with Crippen LogP contribution in [0.4, 0.5) is 5.69 Å². The fourth-order valence-corrected chi connectivity index (χ4v) is 2.84. The van der Waals surface area contributed by atoms with E-state index in [0.29, 0.717) is 28.2 Å². The molecule has 1 amide bonds. The van der Waals surface area contributed by atoms with Crippen molar-refractivity contribution in [1.82, 2.24) is 20.2 Å². The Balaban J connectivity index is 1.34. The minimum absolute atomic E-state index is 0.156. The zero-order chi connectivity index (χ0) is 17.1. The van der Waals surface area contributed by atoms with Gasteiger partial charge in [0.2, 0.25) is 17.9 Å². The predicted molar refractivity (Wildman–Crippen MR) is 91.5 cm³/mol. The molecule has 25 heavy (non-hydrogen) atoms. The third-order valence-electron chi connectivity index (χ3n) is 3.39. The number of thioether (sulfide) groups is 1. The highest BCUT2D eigenvalue weighted by Gasteiger charge is 2.14. The summed E-state index contributed by atoms with van der Waals surface area (Å²) >= 11 is 1.25. The Morgan fingerprint density at radius 3 is 3.08 bits per heavy atom. The molecule has 1 aromatic carbocycles. The van der Waals surface area contributed by atoms with Gasteiger partial charge in [-0.05, 0) is 24.3 Å². The molecule has 0 spiro atoms. The number of hydrogen-bond donors (Lipinski definition) is 2. The van der Waals surface area contributed by atoms with Crippen LogP contribution < -0.4 is 14.8 Å². The molecule has 3 aromatic rings. The Hall–Kier alpha value is -3.07. The maximum atomic E-state index is 12.1. The van der Waals surface area contributed by atoms with Gasteiger partial charge in [0.25, 0.3) is 0 Å². The number of benzene rings is 1. The Labute approximate surface area is 147 Å². The molecule has 0 radical (unpaired) electrons. The molecule has 0 bridgehead atoms. The molecule has 1 aliphatic heterocycles. The second kappa shape index (κ2) is 6.81. The van der Waals surface area contributed by atoms with E-state index in [9.17, 15) is 4.79 Å². The number of ether oxygens (including phenoxy) is 2. The quantitative estimate of drug-likeness (QED) is 0.677. The Morgan fingerprint density at radius 1 is 1.28 bits per heavy atom. The molecule has 0 atom stereocenters. The Morgan fingerprint density at radius 2 is 2.20 bits per heavy atom. The van der Waals surface area contributed by atoms with Crippen molar-refractivity contribution in [3.05, 3.63) is 42.7 Å². The largest absolute Gasteiger partial charge is 0.454 e. The molecule has 2 N–H and O–H groups in total. The molecule has 0 saturated carbocycles. The number of nitrogens with one attached hydrogen (secondary N) is 2. The number of anilines is 1. The molecule has 2 aromatic heterocycles. The number of fused-ring (bicyclic) bond motifs is 1. The van der Waals surface area contributed by atoms with Gasteiger partial charge in [0.05, 0.1) is 5.75 Å². The van der Waals surface area contributed by atoms with Crippen LogP contribution >= 0.6 is 11.8 Å². The first-order chi connectivity index (χ1) is 12.3. The number of hydrogen-bond acceptors (Lipinski definition) is 7. The fourth-order valence-electron chi connectivity index (χ4n) is 2.24. The first-order valence-corrected chi connectivity index (χ1v) is 8.41. The van der Waals surface area contributed by atoms with E-state index >= 15 is 0 Å². The maximum Gasteiger partial charge on any atom is 0.234 e. The van der Waals surface area contributed by atoms with Gasteiger partial charge in [0.15, 0.2) is 17.3 Å². The third kappa shape index (κ3) is 3.56. The van der Waals surface area contributed by atoms with Gasteiger partial charge in [0, 0.05) is 29.7 Å². The summed E-state index contributed by atoms with van der Waals surface area (Å²) in [7, 11) is 0. The molecular formula is C16H13N5O3S. The Bertz CT molecular complexity index is 900. The predicted octanol–water partition coefficient (Wildman–Crippen LogP) is 2.33. The number of H-pyrrole nitrogens is 1. The first kappa shape index (κ1) is 15.5. The van der Waals surface area contributed by atoms with E-state index in [1.54, 1.807) is 30.6 Å². The topological polar surface area (TPSA) is 102 Å². The summed E-state index contributed by atoms with van der Waals surface area (Å²) in [6.45, 7) is 0.201. The van der Waals surface area contributed by atoms with E-state index in [1.165, 1.54) is 11.8 Å². The smallest absolute Gasteiger partial charge is 0.234 e. The molecule has 0 unspecified atom stereocenters. The van der Waals surface area contributed by atoms with Crippen molar-refractivity contribution in [3.63, 3.8) is 0 Å². The van der Waals surface area contributed by atoms with Crippen molar-refractivity contribution in [3.8, 4) is 22.9 Å². The highest BCUT2D eigenvalue weighted by Crippen LogP contribution is 2.34. The first-order valence-electron chi connectivity index (χ1n) is 7.43. The summed E-state index contributed by atoms with van der Waals surface area (Å²) in [5.74, 6) is 1.96. The molecule has 8 nitrogen and oxygen atoms in total. The van der Waals surface area contributed by atoms with Gasteiger partial charge in [-0.1, -0.05) is 11.8 Å². The van der Waals surface area contributed by atoms with Crippen molar-refractivity contribution in [2.75, 3.05) is 17.9 Å². The van der Waals surface area contributed by atoms with Crippen LogP contribution in [-0.4, -0.2) is 38.6 Å². The van der Waals surface area contributed by atoms with Crippen LogP contribution in [-0.2, 0) is 4.79 Å². The molecule has 126 valence electrons. The average molecular weight is 355 g/mol. The van der Waals surface area contributed by atoms with E-state index in [-0.39, 0.29) is 18.5 Å². The number of nitrogens with zero attached hydrogens (tertiary/aromatic N) is 3. The summed E-state index contributed by atoms with van der Waals surface area (Å²) in [4.78, 5) is 20.5. The lowest BCUT2D eigenvalue weighted by Gasteiger charge is -2.05. The number of carbonyl (C=O) groups excluding carboxylic acids is 1. The number of aromatic nitrogens is 4. The van der Waals surface area contributed by atoms with Crippen LogP contribution in [0.1, 0.15) is 0 Å². The van der Waals surface area contributed by atoms with Crippen molar-refractivity contribution >= 4 is 23.4 Å². The zero-order valence-corrected chi connectivity index (χ0v) is 13.7. The van der Waals surface area contributed by atoms with E-state index in [4.69, 9.17) is 9.47 Å². The third-order valence-corrected chi connectivity index (χ3v) is 4.24. The van der Waals surface area contributed by atoms with Gasteiger partial charge in [0.1, 0.15) is 0 Å². The van der Waals surface area contributed by atoms with Gasteiger partial charge in [-0.25, -0.2) is 4.98 Å². The van der Waals surface area contributed by atoms with Gasteiger partial charge >= 0.3 is 0 Å². The van der Waals surface area contributed by atoms with Crippen LogP contribution in [0.25, 0.3) is 11.4 Å². The second-order valence-electron chi connectivity index (χ2n) is 5.11. The minimum atomic E-state index is -0.156. The standard InChI is InChI=1S/C16H13N5O3S/c22-14(18-11-3-4-12-13(6-11)24-9-23-12)8-25-16-19-15(20-21-16)10-2-1-5-17-7-10/h1-7H,8-9H2,(H,18,22)(H,19,20,21). The molecule has 0 saturated heterocycles.